The summed E-state index contributed by atoms with van der Waals surface area (Å²) in [5.41, 5.74) is 2.74. The average Bonchev–Trinajstić information content (AvgIpc) is 3.59. The van der Waals surface area contributed by atoms with Crippen molar-refractivity contribution in [1.82, 2.24) is 5.32 Å². The molecule has 0 heterocycles. The first-order valence-electron chi connectivity index (χ1n) is 10.5. The van der Waals surface area contributed by atoms with Crippen molar-refractivity contribution in [3.05, 3.63) is 83.9 Å². The van der Waals surface area contributed by atoms with Crippen LogP contribution in [0.4, 0.5) is 21.9 Å². The van der Waals surface area contributed by atoms with Crippen molar-refractivity contribution in [3.8, 4) is 0 Å². The Labute approximate surface area is 192 Å². The fraction of sp³-hybridized carbons (Fsp3) is 0.167. The van der Waals surface area contributed by atoms with Gasteiger partial charge in [0.25, 0.3) is 15.9 Å². The number of sulfonamides is 1. The summed E-state index contributed by atoms with van der Waals surface area (Å²) in [5.74, 6) is -0.353. The van der Waals surface area contributed by atoms with E-state index in [0.29, 0.717) is 22.6 Å². The SMILES string of the molecule is Cc1ccc(S(=O)(=O)Nc2ccc(NC(=O)c3cccc(NC(=O)NC4CC4)c3)cc2)cc1. The van der Waals surface area contributed by atoms with Crippen molar-refractivity contribution in [2.75, 3.05) is 15.4 Å². The monoisotopic (exact) mass is 464 g/mol. The zero-order valence-corrected chi connectivity index (χ0v) is 18.8. The predicted molar refractivity (Wildman–Crippen MR) is 128 cm³/mol. The number of benzene rings is 3. The van der Waals surface area contributed by atoms with Crippen LogP contribution in [0.25, 0.3) is 0 Å². The molecule has 0 saturated heterocycles. The maximum absolute atomic E-state index is 12.6. The normalized spacial score (nSPS) is 13.1. The Balaban J connectivity index is 1.37. The van der Waals surface area contributed by atoms with E-state index in [2.05, 4.69) is 20.7 Å². The minimum atomic E-state index is -3.70. The van der Waals surface area contributed by atoms with Gasteiger partial charge in [0.1, 0.15) is 0 Å². The van der Waals surface area contributed by atoms with Crippen LogP contribution in [-0.4, -0.2) is 26.4 Å². The number of nitrogens with one attached hydrogen (secondary N) is 4. The van der Waals surface area contributed by atoms with Gasteiger partial charge < -0.3 is 16.0 Å². The highest BCUT2D eigenvalue weighted by Gasteiger charge is 2.23. The second kappa shape index (κ2) is 9.33. The third-order valence-corrected chi connectivity index (χ3v) is 6.42. The van der Waals surface area contributed by atoms with E-state index >= 15 is 0 Å². The molecule has 8 nitrogen and oxygen atoms in total. The van der Waals surface area contributed by atoms with E-state index in [-0.39, 0.29) is 22.9 Å². The third kappa shape index (κ3) is 6.11. The Kier molecular flexibility index (Phi) is 6.32. The second-order valence-corrected chi connectivity index (χ2v) is 9.59. The largest absolute Gasteiger partial charge is 0.335 e. The Morgan fingerprint density at radius 1 is 0.818 bits per heavy atom. The summed E-state index contributed by atoms with van der Waals surface area (Å²) >= 11 is 0. The zero-order chi connectivity index (χ0) is 23.4. The smallest absolute Gasteiger partial charge is 0.319 e. The van der Waals surface area contributed by atoms with Crippen molar-refractivity contribution in [2.45, 2.75) is 30.7 Å². The van der Waals surface area contributed by atoms with Gasteiger partial charge in [-0.15, -0.1) is 0 Å². The van der Waals surface area contributed by atoms with E-state index in [1.165, 1.54) is 0 Å². The van der Waals surface area contributed by atoms with Crippen LogP contribution in [0.2, 0.25) is 0 Å². The molecule has 4 rings (SSSR count). The van der Waals surface area contributed by atoms with Crippen molar-refractivity contribution in [1.29, 1.82) is 0 Å². The topological polar surface area (TPSA) is 116 Å². The van der Waals surface area contributed by atoms with Gasteiger partial charge in [0, 0.05) is 28.7 Å². The molecule has 33 heavy (non-hydrogen) atoms. The average molecular weight is 465 g/mol. The van der Waals surface area contributed by atoms with Crippen molar-refractivity contribution in [2.24, 2.45) is 0 Å². The van der Waals surface area contributed by atoms with E-state index in [1.807, 2.05) is 6.92 Å². The van der Waals surface area contributed by atoms with E-state index in [1.54, 1.807) is 72.8 Å². The Bertz CT molecular complexity index is 1270. The number of carbonyl (C=O) groups is 2. The molecular weight excluding hydrogens is 440 g/mol. The number of amides is 3. The molecular formula is C24H24N4O4S. The minimum Gasteiger partial charge on any atom is -0.335 e. The van der Waals surface area contributed by atoms with Gasteiger partial charge in [0.15, 0.2) is 0 Å². The van der Waals surface area contributed by atoms with E-state index in [9.17, 15) is 18.0 Å². The minimum absolute atomic E-state index is 0.171. The standard InChI is InChI=1S/C24H24N4O4S/c1-16-5-13-22(14-6-16)33(31,32)28-20-11-9-18(10-12-20)25-23(29)17-3-2-4-21(15-17)27-24(30)26-19-7-8-19/h2-6,9-15,19,28H,7-8H2,1H3,(H,25,29)(H2,26,27,30). The Morgan fingerprint density at radius 3 is 2.15 bits per heavy atom. The molecule has 0 bridgehead atoms. The van der Waals surface area contributed by atoms with Gasteiger partial charge in [-0.2, -0.15) is 0 Å². The Hall–Kier alpha value is -3.85. The number of hydrogen-bond donors (Lipinski definition) is 4. The first-order valence-corrected chi connectivity index (χ1v) is 12.0. The summed E-state index contributed by atoms with van der Waals surface area (Å²) in [4.78, 5) is 24.7. The van der Waals surface area contributed by atoms with Crippen LogP contribution in [0.3, 0.4) is 0 Å². The van der Waals surface area contributed by atoms with Gasteiger partial charge in [0.2, 0.25) is 0 Å². The van der Waals surface area contributed by atoms with Gasteiger partial charge >= 0.3 is 6.03 Å². The van der Waals surface area contributed by atoms with Gasteiger partial charge in [-0.05, 0) is 74.4 Å². The van der Waals surface area contributed by atoms with E-state index < -0.39 is 10.0 Å². The first-order chi connectivity index (χ1) is 15.8. The molecule has 1 fully saturated rings. The van der Waals surface area contributed by atoms with Gasteiger partial charge in [-0.3, -0.25) is 9.52 Å². The zero-order valence-electron chi connectivity index (χ0n) is 18.0. The number of carbonyl (C=O) groups excluding carboxylic acids is 2. The van der Waals surface area contributed by atoms with Crippen LogP contribution in [0.15, 0.2) is 77.7 Å². The van der Waals surface area contributed by atoms with Crippen LogP contribution >= 0.6 is 0 Å². The maximum atomic E-state index is 12.6. The van der Waals surface area contributed by atoms with Crippen LogP contribution in [0.1, 0.15) is 28.8 Å². The van der Waals surface area contributed by atoms with Crippen LogP contribution < -0.4 is 20.7 Å². The van der Waals surface area contributed by atoms with Gasteiger partial charge in [0.05, 0.1) is 4.90 Å². The molecule has 0 atom stereocenters. The van der Waals surface area contributed by atoms with Crippen LogP contribution in [0.5, 0.6) is 0 Å². The molecule has 4 N–H and O–H groups in total. The number of anilines is 3. The molecule has 170 valence electrons. The highest BCUT2D eigenvalue weighted by molar-refractivity contribution is 7.92. The summed E-state index contributed by atoms with van der Waals surface area (Å²) < 4.78 is 27.6. The van der Waals surface area contributed by atoms with Gasteiger partial charge in [-0.25, -0.2) is 13.2 Å². The summed E-state index contributed by atoms with van der Waals surface area (Å²) in [6, 6.07) is 19.5. The molecule has 0 radical (unpaired) electrons. The number of rotatable bonds is 7. The van der Waals surface area contributed by atoms with Crippen LogP contribution in [0, 0.1) is 6.92 Å². The van der Waals surface area contributed by atoms with Crippen molar-refractivity contribution in [3.63, 3.8) is 0 Å². The molecule has 0 aromatic heterocycles. The molecule has 3 aromatic carbocycles. The van der Waals surface area contributed by atoms with Gasteiger partial charge in [-0.1, -0.05) is 23.8 Å². The maximum Gasteiger partial charge on any atom is 0.319 e. The molecule has 0 spiro atoms. The van der Waals surface area contributed by atoms with Crippen molar-refractivity contribution < 1.29 is 18.0 Å². The number of aryl methyl sites for hydroxylation is 1. The lowest BCUT2D eigenvalue weighted by Gasteiger charge is -2.11. The summed E-state index contributed by atoms with van der Waals surface area (Å²) in [5, 5.41) is 8.31. The summed E-state index contributed by atoms with van der Waals surface area (Å²) in [6.45, 7) is 1.88. The number of hydrogen-bond acceptors (Lipinski definition) is 4. The first kappa shape index (κ1) is 22.3. The lowest BCUT2D eigenvalue weighted by molar-refractivity contribution is 0.102. The number of urea groups is 1. The van der Waals surface area contributed by atoms with Crippen molar-refractivity contribution >= 4 is 39.0 Å². The lowest BCUT2D eigenvalue weighted by Crippen LogP contribution is -2.30. The molecule has 0 aliphatic heterocycles. The molecule has 1 aliphatic rings. The predicted octanol–water partition coefficient (Wildman–Crippen LogP) is 4.33. The summed E-state index contributed by atoms with van der Waals surface area (Å²) in [6.07, 6.45) is 1.98. The highest BCUT2D eigenvalue weighted by atomic mass is 32.2. The lowest BCUT2D eigenvalue weighted by atomic mass is 10.2. The molecule has 0 unspecified atom stereocenters. The molecule has 3 aromatic rings. The summed E-state index contributed by atoms with van der Waals surface area (Å²) in [7, 11) is -3.70. The third-order valence-electron chi connectivity index (χ3n) is 5.02. The fourth-order valence-electron chi connectivity index (χ4n) is 3.07. The Morgan fingerprint density at radius 2 is 1.48 bits per heavy atom. The van der Waals surface area contributed by atoms with E-state index in [4.69, 9.17) is 0 Å². The quantitative estimate of drug-likeness (QED) is 0.416. The molecule has 9 heteroatoms. The molecule has 1 aliphatic carbocycles. The fourth-order valence-corrected chi connectivity index (χ4v) is 4.13. The molecule has 3 amide bonds. The second-order valence-electron chi connectivity index (χ2n) is 7.90. The molecule has 1 saturated carbocycles. The highest BCUT2D eigenvalue weighted by Crippen LogP contribution is 2.21. The van der Waals surface area contributed by atoms with Crippen LogP contribution in [-0.2, 0) is 10.0 Å². The van der Waals surface area contributed by atoms with E-state index in [0.717, 1.165) is 18.4 Å².